The summed E-state index contributed by atoms with van der Waals surface area (Å²) < 4.78 is 68.8. The summed E-state index contributed by atoms with van der Waals surface area (Å²) in [5.41, 5.74) is 5.99. The third-order valence-corrected chi connectivity index (χ3v) is 21.0. The van der Waals surface area contributed by atoms with E-state index in [4.69, 9.17) is 47.4 Å². The summed E-state index contributed by atoms with van der Waals surface area (Å²) >= 11 is 0. The van der Waals surface area contributed by atoms with Gasteiger partial charge >= 0.3 is 0 Å². The van der Waals surface area contributed by atoms with Crippen LogP contribution in [0.2, 0.25) is 0 Å². The van der Waals surface area contributed by atoms with E-state index in [1.165, 1.54) is 167 Å². The predicted octanol–water partition coefficient (Wildman–Crippen LogP) is 22.6. The van der Waals surface area contributed by atoms with E-state index >= 15 is 4.79 Å². The summed E-state index contributed by atoms with van der Waals surface area (Å²) in [7, 11) is 3.37. The van der Waals surface area contributed by atoms with Crippen molar-refractivity contribution in [1.82, 2.24) is 10.2 Å². The molecule has 13 nitrogen and oxygen atoms in total. The number of ether oxygens (including phenoxy) is 10. The van der Waals surface area contributed by atoms with Crippen LogP contribution < -0.4 is 14.8 Å². The number of carbonyl (C=O) groups excluding carboxylic acids is 1. The molecule has 1 saturated heterocycles. The highest BCUT2D eigenvalue weighted by Gasteiger charge is 2.50. The van der Waals surface area contributed by atoms with E-state index in [-0.39, 0.29) is 38.9 Å². The predicted molar refractivity (Wildman–Crippen MR) is 437 cm³/mol. The minimum Gasteiger partial charge on any atom is -0.497 e. The molecule has 6 aromatic rings. The van der Waals surface area contributed by atoms with E-state index < -0.39 is 49.0 Å². The van der Waals surface area contributed by atoms with Crippen LogP contribution in [0.5, 0.6) is 11.5 Å². The second kappa shape index (κ2) is 57.1. The number of rotatable bonds is 64. The largest absolute Gasteiger partial charge is 0.497 e. The highest BCUT2D eigenvalue weighted by Crippen LogP contribution is 2.33. The lowest BCUT2D eigenvalue weighted by molar-refractivity contribution is -0.330. The Morgan fingerprint density at radius 2 is 0.748 bits per heavy atom. The zero-order valence-electron chi connectivity index (χ0n) is 66.8. The molecule has 1 N–H and O–H groups in total. The molecular weight excluding hydrogens is 1330 g/mol. The average molecular weight is 1470 g/mol. The molecule has 0 saturated carbocycles. The van der Waals surface area contributed by atoms with E-state index in [0.29, 0.717) is 32.7 Å². The highest BCUT2D eigenvalue weighted by molar-refractivity contribution is 5.76. The van der Waals surface area contributed by atoms with Crippen LogP contribution in [0, 0.1) is 0 Å². The van der Waals surface area contributed by atoms with E-state index in [2.05, 4.69) is 91.7 Å². The molecule has 0 aliphatic carbocycles. The molecule has 107 heavy (non-hydrogen) atoms. The molecular formula is C94H140N2O11. The molecule has 1 fully saturated rings. The smallest absolute Gasteiger partial charge is 0.220 e. The van der Waals surface area contributed by atoms with Crippen LogP contribution in [-0.4, -0.2) is 107 Å². The number of benzene rings is 6. The fourth-order valence-electron chi connectivity index (χ4n) is 14.5. The molecule has 7 rings (SSSR count). The SMILES string of the molecule is CCCCCCCCCCCCCC[C@@H](OCc1ccc(OC)cc1)[C@@H](OCc1ccc(OC)cc1)[C@H](CO[C@H]1O[C@H](COCc2ccccc2)[C@H](OCc2ccccc2)[C@H](OCc2ccccc2)[C@H]1OCc1ccccc1)NC(=O)CCCCCCCN(CCCCCCCCC)CCCCCCCCC. The molecule has 1 heterocycles. The van der Waals surface area contributed by atoms with Crippen molar-refractivity contribution in [3.05, 3.63) is 203 Å². The van der Waals surface area contributed by atoms with Crippen molar-refractivity contribution in [3.63, 3.8) is 0 Å². The second-order valence-corrected chi connectivity index (χ2v) is 29.9. The van der Waals surface area contributed by atoms with Crippen LogP contribution >= 0.6 is 0 Å². The van der Waals surface area contributed by atoms with Crippen molar-refractivity contribution in [2.45, 2.75) is 321 Å². The minimum absolute atomic E-state index is 0.0114. The van der Waals surface area contributed by atoms with Gasteiger partial charge in [-0.15, -0.1) is 0 Å². The number of nitrogens with one attached hydrogen (secondary N) is 1. The summed E-state index contributed by atoms with van der Waals surface area (Å²) in [5.74, 6) is 1.48. The lowest BCUT2D eigenvalue weighted by Crippen LogP contribution is -2.62. The lowest BCUT2D eigenvalue weighted by Gasteiger charge is -2.46. The summed E-state index contributed by atoms with van der Waals surface area (Å²) in [5, 5.41) is 3.60. The van der Waals surface area contributed by atoms with Crippen LogP contribution in [0.3, 0.4) is 0 Å². The average Bonchev–Trinajstić information content (AvgIpc) is 0.786. The Balaban J connectivity index is 1.19. The van der Waals surface area contributed by atoms with Gasteiger partial charge in [0.1, 0.15) is 42.0 Å². The van der Waals surface area contributed by atoms with Crippen LogP contribution in [0.25, 0.3) is 0 Å². The number of hydrogen-bond donors (Lipinski definition) is 1. The van der Waals surface area contributed by atoms with Crippen molar-refractivity contribution >= 4 is 5.91 Å². The Hall–Kier alpha value is -5.97. The van der Waals surface area contributed by atoms with Crippen LogP contribution in [0.15, 0.2) is 170 Å². The lowest BCUT2D eigenvalue weighted by atomic mass is 9.97. The Bertz CT molecular complexity index is 3040. The zero-order valence-corrected chi connectivity index (χ0v) is 66.8. The molecule has 1 amide bonds. The molecule has 8 atom stereocenters. The van der Waals surface area contributed by atoms with Crippen LogP contribution in [0.4, 0.5) is 0 Å². The maximum Gasteiger partial charge on any atom is 0.220 e. The maximum atomic E-state index is 15.2. The van der Waals surface area contributed by atoms with Gasteiger partial charge in [-0.3, -0.25) is 4.79 Å². The van der Waals surface area contributed by atoms with Crippen molar-refractivity contribution in [2.24, 2.45) is 0 Å². The first-order chi connectivity index (χ1) is 52.9. The van der Waals surface area contributed by atoms with E-state index in [1.807, 2.05) is 109 Å². The Morgan fingerprint density at radius 3 is 1.18 bits per heavy atom. The van der Waals surface area contributed by atoms with Crippen molar-refractivity contribution in [2.75, 3.05) is 47.1 Å². The molecule has 1 aliphatic heterocycles. The van der Waals surface area contributed by atoms with Gasteiger partial charge in [0.05, 0.1) is 79.2 Å². The molecule has 0 unspecified atom stereocenters. The summed E-state index contributed by atoms with van der Waals surface area (Å²) in [4.78, 5) is 17.9. The van der Waals surface area contributed by atoms with Crippen molar-refractivity contribution in [3.8, 4) is 11.5 Å². The summed E-state index contributed by atoms with van der Waals surface area (Å²) in [6.07, 6.45) is 34.5. The number of nitrogens with zero attached hydrogens (tertiary/aromatic N) is 1. The Morgan fingerprint density at radius 1 is 0.383 bits per heavy atom. The van der Waals surface area contributed by atoms with Gasteiger partial charge in [-0.05, 0) is 109 Å². The van der Waals surface area contributed by atoms with Gasteiger partial charge in [-0.1, -0.05) is 340 Å². The third-order valence-electron chi connectivity index (χ3n) is 21.0. The first-order valence-electron chi connectivity index (χ1n) is 42.2. The fraction of sp³-hybridized carbons (Fsp3) is 0.606. The Labute approximate surface area is 647 Å². The van der Waals surface area contributed by atoms with E-state index in [9.17, 15) is 0 Å². The minimum atomic E-state index is -1.04. The Kier molecular flexibility index (Phi) is 47.1. The summed E-state index contributed by atoms with van der Waals surface area (Å²) in [6.45, 7) is 12.3. The first-order valence-corrected chi connectivity index (χ1v) is 42.2. The van der Waals surface area contributed by atoms with E-state index in [1.54, 1.807) is 14.2 Å². The topological polar surface area (TPSA) is 125 Å². The molecule has 592 valence electrons. The fourth-order valence-corrected chi connectivity index (χ4v) is 14.5. The monoisotopic (exact) mass is 1470 g/mol. The number of hydrogen-bond acceptors (Lipinski definition) is 12. The van der Waals surface area contributed by atoms with Crippen molar-refractivity contribution in [1.29, 1.82) is 0 Å². The van der Waals surface area contributed by atoms with Gasteiger partial charge < -0.3 is 57.6 Å². The molecule has 0 aromatic heterocycles. The first kappa shape index (κ1) is 88.2. The van der Waals surface area contributed by atoms with Gasteiger partial charge in [0, 0.05) is 6.42 Å². The third kappa shape index (κ3) is 37.5. The summed E-state index contributed by atoms with van der Waals surface area (Å²) in [6, 6.07) is 56.1. The van der Waals surface area contributed by atoms with Gasteiger partial charge in [-0.25, -0.2) is 0 Å². The number of amides is 1. The van der Waals surface area contributed by atoms with Gasteiger partial charge in [-0.2, -0.15) is 0 Å². The molecule has 0 spiro atoms. The standard InChI is InChI=1S/C94H140N2O11/c1-6-9-12-15-18-19-20-21-22-23-27-44-57-87(101-71-82-59-63-84(98-4)64-60-82)90(102-75-83-61-65-85(99-5)66-62-83)86(95-89(97)58-45-28-26-31-48-69-96(67-46-29-24-16-13-10-7-2)68-47-30-25-17-14-11-8-3)76-106-94-93(105-74-81-55-42-35-43-56-81)92(104-73-80-53-40-34-41-54-80)91(103-72-79-51-38-33-39-52-79)88(107-94)77-100-70-78-49-36-32-37-50-78/h32-43,49-56,59-66,86-88,90-94H,6-31,44-48,57-58,67-77H2,1-5H3,(H,95,97)/t86-,87+,88+,90-,91-,92-,93+,94-/m0/s1. The molecule has 0 bridgehead atoms. The van der Waals surface area contributed by atoms with Crippen molar-refractivity contribution < 1.29 is 52.2 Å². The maximum absolute atomic E-state index is 15.2. The second-order valence-electron chi connectivity index (χ2n) is 29.9. The van der Waals surface area contributed by atoms with Gasteiger partial charge in [0.25, 0.3) is 0 Å². The highest BCUT2D eigenvalue weighted by atomic mass is 16.7. The van der Waals surface area contributed by atoms with Gasteiger partial charge in [0.2, 0.25) is 5.91 Å². The number of carbonyl (C=O) groups is 1. The number of methoxy groups -OCH3 is 2. The molecule has 1 aliphatic rings. The van der Waals surface area contributed by atoms with Crippen LogP contribution in [0.1, 0.15) is 266 Å². The molecule has 0 radical (unpaired) electrons. The number of unbranched alkanes of at least 4 members (excludes halogenated alkanes) is 27. The molecule has 6 aromatic carbocycles. The van der Waals surface area contributed by atoms with E-state index in [0.717, 1.165) is 96.4 Å². The van der Waals surface area contributed by atoms with Gasteiger partial charge in [0.15, 0.2) is 6.29 Å². The zero-order chi connectivity index (χ0) is 75.1. The normalized spacial score (nSPS) is 16.7. The molecule has 13 heteroatoms. The van der Waals surface area contributed by atoms with Crippen LogP contribution in [-0.2, 0) is 82.3 Å². The quantitative estimate of drug-likeness (QED) is 0.0366.